The Morgan fingerprint density at radius 2 is 2.00 bits per heavy atom. The number of aromatic nitrogens is 2. The summed E-state index contributed by atoms with van der Waals surface area (Å²) in [5.74, 6) is 0.278. The lowest BCUT2D eigenvalue weighted by molar-refractivity contribution is -0.137. The van der Waals surface area contributed by atoms with E-state index in [1.807, 2.05) is 0 Å². The number of nitrogen functional groups attached to an aromatic ring is 1. The molecule has 0 bridgehead atoms. The third-order valence-electron chi connectivity index (χ3n) is 6.61. The molecule has 2 N–H and O–H groups in total. The maximum absolute atomic E-state index is 13.5. The van der Waals surface area contributed by atoms with Crippen LogP contribution in [0.25, 0.3) is 10.9 Å². The molecule has 170 valence electrons. The lowest BCUT2D eigenvalue weighted by atomic mass is 9.93. The summed E-state index contributed by atoms with van der Waals surface area (Å²) in [7, 11) is 0. The minimum atomic E-state index is -4.46. The van der Waals surface area contributed by atoms with Gasteiger partial charge in [0, 0.05) is 23.1 Å². The van der Waals surface area contributed by atoms with Crippen molar-refractivity contribution in [3.8, 4) is 5.75 Å². The Morgan fingerprint density at radius 1 is 1.18 bits per heavy atom. The molecule has 2 atom stereocenters. The Hall–Kier alpha value is -3.40. The van der Waals surface area contributed by atoms with Crippen molar-refractivity contribution in [2.24, 2.45) is 0 Å². The predicted octanol–water partition coefficient (Wildman–Crippen LogP) is 4.00. The summed E-state index contributed by atoms with van der Waals surface area (Å²) in [6, 6.07) is 4.71. The standard InChI is InChI=1S/C23H19F3N4O3/c24-23(25,26)11-3-4-12-19(6-11)33-18-2-1-5-30(20(12)18)22(31)16-7-13-14-9-32-10-15(14)21(27)29-17(13)8-28-16/h3-4,6-8,18,20H,1-2,5,9-10H2,(H2,27,29)/t18-,20-/m0/s1. The fourth-order valence-corrected chi connectivity index (χ4v) is 5.04. The lowest BCUT2D eigenvalue weighted by Crippen LogP contribution is -2.44. The van der Waals surface area contributed by atoms with Gasteiger partial charge >= 0.3 is 6.18 Å². The van der Waals surface area contributed by atoms with E-state index >= 15 is 0 Å². The molecular formula is C23H19F3N4O3. The van der Waals surface area contributed by atoms with Gasteiger partial charge in [-0.1, -0.05) is 6.07 Å². The first-order valence-electron chi connectivity index (χ1n) is 10.6. The van der Waals surface area contributed by atoms with E-state index in [0.29, 0.717) is 49.5 Å². The first-order chi connectivity index (χ1) is 15.8. The van der Waals surface area contributed by atoms with Gasteiger partial charge in [-0.3, -0.25) is 4.79 Å². The number of anilines is 1. The van der Waals surface area contributed by atoms with Gasteiger partial charge in [0.1, 0.15) is 23.4 Å². The van der Waals surface area contributed by atoms with Crippen molar-refractivity contribution in [2.45, 2.75) is 44.4 Å². The van der Waals surface area contributed by atoms with Gasteiger partial charge in [-0.2, -0.15) is 13.2 Å². The molecule has 1 amide bonds. The van der Waals surface area contributed by atoms with E-state index in [1.54, 1.807) is 11.0 Å². The van der Waals surface area contributed by atoms with Crippen LogP contribution in [0.4, 0.5) is 19.0 Å². The van der Waals surface area contributed by atoms with E-state index in [1.165, 1.54) is 12.3 Å². The summed E-state index contributed by atoms with van der Waals surface area (Å²) in [4.78, 5) is 23.9. The van der Waals surface area contributed by atoms with Crippen molar-refractivity contribution in [2.75, 3.05) is 12.3 Å². The van der Waals surface area contributed by atoms with Crippen LogP contribution >= 0.6 is 0 Å². The van der Waals surface area contributed by atoms with Gasteiger partial charge < -0.3 is 20.1 Å². The number of benzene rings is 1. The smallest absolute Gasteiger partial charge is 0.416 e. The molecule has 2 aromatic heterocycles. The number of carbonyl (C=O) groups is 1. The molecule has 6 rings (SSSR count). The van der Waals surface area contributed by atoms with Gasteiger partial charge in [-0.05, 0) is 36.6 Å². The molecule has 5 heterocycles. The zero-order chi connectivity index (χ0) is 22.9. The second kappa shape index (κ2) is 7.05. The molecule has 3 aliphatic rings. The highest BCUT2D eigenvalue weighted by atomic mass is 19.4. The van der Waals surface area contributed by atoms with Crippen molar-refractivity contribution in [1.82, 2.24) is 14.9 Å². The van der Waals surface area contributed by atoms with Gasteiger partial charge in [0.05, 0.1) is 36.5 Å². The largest absolute Gasteiger partial charge is 0.488 e. The number of nitrogens with zero attached hydrogens (tertiary/aromatic N) is 3. The Balaban J connectivity index is 1.38. The SMILES string of the molecule is Nc1nc2cnc(C(=O)N3CCC[C@@H]4Oc5cc(C(F)(F)F)ccc5[C@@H]43)cc2c2c1COC2. The summed E-state index contributed by atoms with van der Waals surface area (Å²) in [6.07, 6.45) is -1.99. The molecule has 10 heteroatoms. The number of halogens is 3. The Labute approximate surface area is 186 Å². The first kappa shape index (κ1) is 20.2. The third-order valence-corrected chi connectivity index (χ3v) is 6.61. The van der Waals surface area contributed by atoms with Crippen molar-refractivity contribution in [3.63, 3.8) is 0 Å². The summed E-state index contributed by atoms with van der Waals surface area (Å²) in [5.41, 5.74) is 8.38. The average molecular weight is 456 g/mol. The molecular weight excluding hydrogens is 437 g/mol. The number of nitrogens with two attached hydrogens (primary N) is 1. The number of rotatable bonds is 1. The quantitative estimate of drug-likeness (QED) is 0.595. The van der Waals surface area contributed by atoms with Crippen molar-refractivity contribution < 1.29 is 27.4 Å². The third kappa shape index (κ3) is 3.12. The fraction of sp³-hybridized carbons (Fsp3) is 0.348. The number of hydrogen-bond donors (Lipinski definition) is 1. The van der Waals surface area contributed by atoms with Crippen LogP contribution in [0.3, 0.4) is 0 Å². The van der Waals surface area contributed by atoms with Crippen LogP contribution in [0.2, 0.25) is 0 Å². The monoisotopic (exact) mass is 456 g/mol. The van der Waals surface area contributed by atoms with E-state index < -0.39 is 17.8 Å². The summed E-state index contributed by atoms with van der Waals surface area (Å²) in [6.45, 7) is 1.22. The van der Waals surface area contributed by atoms with E-state index in [-0.39, 0.29) is 23.5 Å². The summed E-state index contributed by atoms with van der Waals surface area (Å²) < 4.78 is 50.8. The van der Waals surface area contributed by atoms with Crippen LogP contribution in [0, 0.1) is 0 Å². The fourth-order valence-electron chi connectivity index (χ4n) is 5.04. The lowest BCUT2D eigenvalue weighted by Gasteiger charge is -2.36. The topological polar surface area (TPSA) is 90.6 Å². The second-order valence-corrected chi connectivity index (χ2v) is 8.53. The molecule has 7 nitrogen and oxygen atoms in total. The molecule has 3 aliphatic heterocycles. The molecule has 0 aliphatic carbocycles. The Morgan fingerprint density at radius 3 is 2.82 bits per heavy atom. The Kier molecular flexibility index (Phi) is 4.32. The molecule has 0 saturated carbocycles. The van der Waals surface area contributed by atoms with Crippen LogP contribution in [-0.2, 0) is 24.1 Å². The number of piperidine rings is 1. The molecule has 1 aromatic carbocycles. The number of hydrogen-bond acceptors (Lipinski definition) is 6. The zero-order valence-electron chi connectivity index (χ0n) is 17.4. The molecule has 1 fully saturated rings. The second-order valence-electron chi connectivity index (χ2n) is 8.53. The van der Waals surface area contributed by atoms with Crippen molar-refractivity contribution >= 4 is 22.6 Å². The summed E-state index contributed by atoms with van der Waals surface area (Å²) in [5, 5.41) is 0.765. The Bertz CT molecular complexity index is 1310. The molecule has 0 unspecified atom stereocenters. The van der Waals surface area contributed by atoms with Gasteiger partial charge in [0.2, 0.25) is 0 Å². The number of ether oxygens (including phenoxy) is 2. The highest BCUT2D eigenvalue weighted by Crippen LogP contribution is 2.46. The molecule has 0 radical (unpaired) electrons. The minimum absolute atomic E-state index is 0.181. The van der Waals surface area contributed by atoms with Crippen LogP contribution in [-0.4, -0.2) is 33.4 Å². The van der Waals surface area contributed by atoms with Gasteiger partial charge in [-0.15, -0.1) is 0 Å². The average Bonchev–Trinajstić information content (AvgIpc) is 3.43. The summed E-state index contributed by atoms with van der Waals surface area (Å²) >= 11 is 0. The minimum Gasteiger partial charge on any atom is -0.488 e. The molecule has 1 saturated heterocycles. The molecule has 3 aromatic rings. The number of amides is 1. The highest BCUT2D eigenvalue weighted by molar-refractivity contribution is 5.97. The van der Waals surface area contributed by atoms with Crippen LogP contribution in [0.1, 0.15) is 51.6 Å². The van der Waals surface area contributed by atoms with Crippen LogP contribution < -0.4 is 10.5 Å². The van der Waals surface area contributed by atoms with Gasteiger partial charge in [0.25, 0.3) is 5.91 Å². The normalized spacial score (nSPS) is 21.5. The maximum atomic E-state index is 13.5. The molecule has 0 spiro atoms. The maximum Gasteiger partial charge on any atom is 0.416 e. The van der Waals surface area contributed by atoms with E-state index in [4.69, 9.17) is 15.2 Å². The number of likely N-dealkylation sites (tertiary alicyclic amines) is 1. The number of alkyl halides is 3. The van der Waals surface area contributed by atoms with E-state index in [0.717, 1.165) is 28.6 Å². The van der Waals surface area contributed by atoms with E-state index in [2.05, 4.69) is 9.97 Å². The van der Waals surface area contributed by atoms with Crippen molar-refractivity contribution in [1.29, 1.82) is 0 Å². The predicted molar refractivity (Wildman–Crippen MR) is 111 cm³/mol. The van der Waals surface area contributed by atoms with Crippen LogP contribution in [0.15, 0.2) is 30.5 Å². The highest BCUT2D eigenvalue weighted by Gasteiger charge is 2.44. The zero-order valence-corrected chi connectivity index (χ0v) is 17.4. The molecule has 33 heavy (non-hydrogen) atoms. The first-order valence-corrected chi connectivity index (χ1v) is 10.6. The van der Waals surface area contributed by atoms with Gasteiger partial charge in [-0.25, -0.2) is 9.97 Å². The van der Waals surface area contributed by atoms with E-state index in [9.17, 15) is 18.0 Å². The van der Waals surface area contributed by atoms with Crippen molar-refractivity contribution in [3.05, 3.63) is 58.4 Å². The van der Waals surface area contributed by atoms with Gasteiger partial charge in [0.15, 0.2) is 0 Å². The van der Waals surface area contributed by atoms with Crippen LogP contribution in [0.5, 0.6) is 5.75 Å². The number of carbonyl (C=O) groups excluding carboxylic acids is 1. The number of fused-ring (bicyclic) bond motifs is 6. The number of pyridine rings is 2.